The van der Waals surface area contributed by atoms with E-state index in [-0.39, 0.29) is 11.7 Å². The van der Waals surface area contributed by atoms with Crippen LogP contribution in [0.4, 0.5) is 4.39 Å². The van der Waals surface area contributed by atoms with Crippen molar-refractivity contribution in [1.82, 2.24) is 9.47 Å². The number of halogens is 1. The summed E-state index contributed by atoms with van der Waals surface area (Å²) in [7, 11) is 2.07. The van der Waals surface area contributed by atoms with Gasteiger partial charge in [-0.05, 0) is 61.7 Å². The third kappa shape index (κ3) is 3.39. The molecule has 0 spiro atoms. The average Bonchev–Trinajstić information content (AvgIpc) is 2.93. The van der Waals surface area contributed by atoms with Crippen LogP contribution in [0, 0.1) is 11.7 Å². The second kappa shape index (κ2) is 6.63. The van der Waals surface area contributed by atoms with Crippen LogP contribution in [0.3, 0.4) is 0 Å². The molecule has 1 N–H and O–H groups in total. The predicted octanol–water partition coefficient (Wildman–Crippen LogP) is 3.11. The quantitative estimate of drug-likeness (QED) is 0.940. The smallest absolute Gasteiger partial charge is 0.123 e. The molecule has 22 heavy (non-hydrogen) atoms. The Balaban J connectivity index is 1.55. The first-order valence-electron chi connectivity index (χ1n) is 7.89. The van der Waals surface area contributed by atoms with E-state index in [1.54, 1.807) is 12.1 Å². The first-order chi connectivity index (χ1) is 10.6. The van der Waals surface area contributed by atoms with Gasteiger partial charge in [0.2, 0.25) is 0 Å². The first kappa shape index (κ1) is 15.3. The molecule has 1 aliphatic rings. The lowest BCUT2D eigenvalue weighted by Crippen LogP contribution is -2.35. The van der Waals surface area contributed by atoms with Crippen molar-refractivity contribution >= 4 is 0 Å². The molecule has 3 nitrogen and oxygen atoms in total. The van der Waals surface area contributed by atoms with E-state index in [1.807, 2.05) is 0 Å². The molecule has 0 bridgehead atoms. The Kier molecular flexibility index (Phi) is 4.60. The van der Waals surface area contributed by atoms with E-state index >= 15 is 0 Å². The van der Waals surface area contributed by atoms with Crippen molar-refractivity contribution in [3.05, 3.63) is 59.7 Å². The van der Waals surface area contributed by atoms with Crippen molar-refractivity contribution in [2.24, 2.45) is 13.0 Å². The SMILES string of the molecule is Cn1cccc1CN1CCC(C(O)c2ccc(F)cc2)CC1. The summed E-state index contributed by atoms with van der Waals surface area (Å²) in [4.78, 5) is 2.43. The Hall–Kier alpha value is -1.65. The van der Waals surface area contributed by atoms with Crippen LogP contribution in [-0.2, 0) is 13.6 Å². The van der Waals surface area contributed by atoms with Crippen LogP contribution >= 0.6 is 0 Å². The molecule has 0 aliphatic carbocycles. The molecular formula is C18H23FN2O. The van der Waals surface area contributed by atoms with Gasteiger partial charge < -0.3 is 9.67 Å². The molecular weight excluding hydrogens is 279 g/mol. The van der Waals surface area contributed by atoms with Crippen molar-refractivity contribution in [2.75, 3.05) is 13.1 Å². The maximum Gasteiger partial charge on any atom is 0.123 e. The largest absolute Gasteiger partial charge is 0.388 e. The lowest BCUT2D eigenvalue weighted by atomic mass is 9.87. The number of hydrogen-bond acceptors (Lipinski definition) is 2. The second-order valence-corrected chi connectivity index (χ2v) is 6.22. The minimum Gasteiger partial charge on any atom is -0.388 e. The van der Waals surface area contributed by atoms with E-state index in [4.69, 9.17) is 0 Å². The van der Waals surface area contributed by atoms with Gasteiger partial charge in [0.05, 0.1) is 6.10 Å². The molecule has 118 valence electrons. The van der Waals surface area contributed by atoms with Crippen LogP contribution in [0.2, 0.25) is 0 Å². The highest BCUT2D eigenvalue weighted by Crippen LogP contribution is 2.31. The summed E-state index contributed by atoms with van der Waals surface area (Å²) < 4.78 is 15.1. The third-order valence-electron chi connectivity index (χ3n) is 4.73. The molecule has 1 aromatic carbocycles. The molecule has 1 fully saturated rings. The van der Waals surface area contributed by atoms with E-state index in [0.29, 0.717) is 0 Å². The first-order valence-corrected chi connectivity index (χ1v) is 7.89. The van der Waals surface area contributed by atoms with E-state index < -0.39 is 6.10 Å². The predicted molar refractivity (Wildman–Crippen MR) is 84.8 cm³/mol. The molecule has 2 heterocycles. The lowest BCUT2D eigenvalue weighted by molar-refractivity contribution is 0.0561. The van der Waals surface area contributed by atoms with Gasteiger partial charge in [-0.2, -0.15) is 0 Å². The number of hydrogen-bond donors (Lipinski definition) is 1. The maximum absolute atomic E-state index is 13.0. The van der Waals surface area contributed by atoms with Crippen molar-refractivity contribution in [1.29, 1.82) is 0 Å². The van der Waals surface area contributed by atoms with Crippen LogP contribution in [0.15, 0.2) is 42.6 Å². The number of aliphatic hydroxyl groups is 1. The number of benzene rings is 1. The van der Waals surface area contributed by atoms with Crippen LogP contribution < -0.4 is 0 Å². The fourth-order valence-corrected chi connectivity index (χ4v) is 3.25. The maximum atomic E-state index is 13.0. The molecule has 0 saturated carbocycles. The zero-order chi connectivity index (χ0) is 15.5. The Labute approximate surface area is 131 Å². The van der Waals surface area contributed by atoms with Crippen molar-refractivity contribution in [3.8, 4) is 0 Å². The van der Waals surface area contributed by atoms with Gasteiger partial charge in [-0.15, -0.1) is 0 Å². The Morgan fingerprint density at radius 2 is 1.86 bits per heavy atom. The van der Waals surface area contributed by atoms with E-state index in [2.05, 4.69) is 34.8 Å². The Bertz CT molecular complexity index is 600. The minimum absolute atomic E-state index is 0.256. The number of likely N-dealkylation sites (tertiary alicyclic amines) is 1. The van der Waals surface area contributed by atoms with Crippen LogP contribution in [0.5, 0.6) is 0 Å². The highest BCUT2D eigenvalue weighted by atomic mass is 19.1. The zero-order valence-electron chi connectivity index (χ0n) is 13.0. The standard InChI is InChI=1S/C18H23FN2O/c1-20-10-2-3-17(20)13-21-11-8-15(9-12-21)18(22)14-4-6-16(19)7-5-14/h2-7,10,15,18,22H,8-9,11-13H2,1H3. The molecule has 1 unspecified atom stereocenters. The number of aliphatic hydroxyl groups excluding tert-OH is 1. The molecule has 4 heteroatoms. The summed E-state index contributed by atoms with van der Waals surface area (Å²) in [5.41, 5.74) is 2.14. The monoisotopic (exact) mass is 302 g/mol. The van der Waals surface area contributed by atoms with E-state index in [1.165, 1.54) is 17.8 Å². The second-order valence-electron chi connectivity index (χ2n) is 6.22. The topological polar surface area (TPSA) is 28.4 Å². The van der Waals surface area contributed by atoms with Crippen LogP contribution in [0.1, 0.15) is 30.2 Å². The van der Waals surface area contributed by atoms with Gasteiger partial charge in [-0.25, -0.2) is 4.39 Å². The molecule has 0 radical (unpaired) electrons. The normalized spacial score (nSPS) is 18.5. The molecule has 1 saturated heterocycles. The van der Waals surface area contributed by atoms with Crippen molar-refractivity contribution < 1.29 is 9.50 Å². The number of aromatic nitrogens is 1. The molecule has 1 aromatic heterocycles. The molecule has 0 amide bonds. The fraction of sp³-hybridized carbons (Fsp3) is 0.444. The summed E-state index contributed by atoms with van der Waals surface area (Å²) in [6.07, 6.45) is 3.53. The van der Waals surface area contributed by atoms with Gasteiger partial charge in [0.15, 0.2) is 0 Å². The summed E-state index contributed by atoms with van der Waals surface area (Å²) in [5.74, 6) is 0.00320. The van der Waals surface area contributed by atoms with Gasteiger partial charge in [0.25, 0.3) is 0 Å². The third-order valence-corrected chi connectivity index (χ3v) is 4.73. The summed E-state index contributed by atoms with van der Waals surface area (Å²) in [6.45, 7) is 2.95. The number of aryl methyl sites for hydroxylation is 1. The zero-order valence-corrected chi connectivity index (χ0v) is 13.0. The van der Waals surface area contributed by atoms with Crippen LogP contribution in [0.25, 0.3) is 0 Å². The fourth-order valence-electron chi connectivity index (χ4n) is 3.25. The van der Waals surface area contributed by atoms with Gasteiger partial charge in [0.1, 0.15) is 5.82 Å². The summed E-state index contributed by atoms with van der Waals surface area (Å²) in [5, 5.41) is 10.5. The molecule has 3 rings (SSSR count). The molecule has 1 atom stereocenters. The number of rotatable bonds is 4. The number of piperidine rings is 1. The van der Waals surface area contributed by atoms with E-state index in [0.717, 1.165) is 38.0 Å². The summed E-state index contributed by atoms with van der Waals surface area (Å²) >= 11 is 0. The number of nitrogens with zero attached hydrogens (tertiary/aromatic N) is 2. The van der Waals surface area contributed by atoms with E-state index in [9.17, 15) is 9.50 Å². The van der Waals surface area contributed by atoms with Crippen molar-refractivity contribution in [2.45, 2.75) is 25.5 Å². The highest BCUT2D eigenvalue weighted by Gasteiger charge is 2.26. The van der Waals surface area contributed by atoms with Gasteiger partial charge in [-0.3, -0.25) is 4.90 Å². The summed E-state index contributed by atoms with van der Waals surface area (Å²) in [6, 6.07) is 10.4. The average molecular weight is 302 g/mol. The van der Waals surface area contributed by atoms with Crippen molar-refractivity contribution in [3.63, 3.8) is 0 Å². The lowest BCUT2D eigenvalue weighted by Gasteiger charge is -2.34. The molecule has 1 aliphatic heterocycles. The minimum atomic E-state index is -0.488. The molecule has 2 aromatic rings. The van der Waals surface area contributed by atoms with Gasteiger partial charge >= 0.3 is 0 Å². The highest BCUT2D eigenvalue weighted by molar-refractivity contribution is 5.19. The Morgan fingerprint density at radius 1 is 1.18 bits per heavy atom. The van der Waals surface area contributed by atoms with Gasteiger partial charge in [-0.1, -0.05) is 12.1 Å². The van der Waals surface area contributed by atoms with Crippen LogP contribution in [-0.4, -0.2) is 27.7 Å². The van der Waals surface area contributed by atoms with Gasteiger partial charge in [0, 0.05) is 25.5 Å². The Morgan fingerprint density at radius 3 is 2.45 bits per heavy atom.